The van der Waals surface area contributed by atoms with Crippen LogP contribution in [-0.4, -0.2) is 60.6 Å². The summed E-state index contributed by atoms with van der Waals surface area (Å²) in [4.78, 5) is 36.2. The van der Waals surface area contributed by atoms with Crippen LogP contribution < -0.4 is 0 Å². The van der Waals surface area contributed by atoms with Crippen LogP contribution in [-0.2, 0) is 38.7 Å². The molecule has 9 nitrogen and oxygen atoms in total. The van der Waals surface area contributed by atoms with Crippen molar-refractivity contribution in [1.82, 2.24) is 0 Å². The summed E-state index contributed by atoms with van der Waals surface area (Å²) < 4.78 is 113. The van der Waals surface area contributed by atoms with Crippen LogP contribution in [0.1, 0.15) is 98.8 Å². The van der Waals surface area contributed by atoms with Crippen LogP contribution in [0, 0.1) is 46.3 Å². The van der Waals surface area contributed by atoms with E-state index in [0.717, 1.165) is 38.5 Å². The molecule has 0 aliphatic heterocycles. The standard InChI is InChI=1S/C31H45F5O9S/c1-16(6-9-26(39)45-27(30(32,33)34)31(35,36)46(40,41)42)21-7-8-22-20-15-25(44-18(3)38)24-14-19(43-17(2)37)10-12-29(24,5)23(20)11-13-28(21,22)4/h16,19-25,27H,6-15H2,1-5H3,(H,40,41,42)/t16-,19-,20+,21-,22+,23+,24?,25+,27?,28-,29-/m1/s1. The zero-order chi connectivity index (χ0) is 34.6. The van der Waals surface area contributed by atoms with E-state index in [-0.39, 0.29) is 71.0 Å². The van der Waals surface area contributed by atoms with E-state index in [1.807, 2.05) is 6.92 Å². The average molecular weight is 689 g/mol. The maximum atomic E-state index is 13.9. The molecule has 0 bridgehead atoms. The minimum Gasteiger partial charge on any atom is -0.463 e. The number of ether oxygens (including phenoxy) is 3. The van der Waals surface area contributed by atoms with E-state index in [1.165, 1.54) is 13.8 Å². The molecule has 0 saturated heterocycles. The molecular weight excluding hydrogens is 643 g/mol. The van der Waals surface area contributed by atoms with Gasteiger partial charge in [-0.05, 0) is 98.2 Å². The summed E-state index contributed by atoms with van der Waals surface area (Å²) in [6.45, 7) is 9.09. The Morgan fingerprint density at radius 3 is 2.02 bits per heavy atom. The third-order valence-corrected chi connectivity index (χ3v) is 12.9. The van der Waals surface area contributed by atoms with Gasteiger partial charge in [-0.3, -0.25) is 18.9 Å². The Labute approximate surface area is 266 Å². The molecule has 4 saturated carbocycles. The van der Waals surface area contributed by atoms with E-state index in [4.69, 9.17) is 14.0 Å². The number of alkyl halides is 5. The van der Waals surface area contributed by atoms with Gasteiger partial charge in [0.1, 0.15) is 12.2 Å². The first-order valence-electron chi connectivity index (χ1n) is 16.0. The Bertz CT molecular complexity index is 1290. The van der Waals surface area contributed by atoms with Crippen molar-refractivity contribution in [2.24, 2.45) is 46.3 Å². The number of hydrogen-bond donors (Lipinski definition) is 1. The fourth-order valence-corrected chi connectivity index (χ4v) is 10.5. The van der Waals surface area contributed by atoms with Gasteiger partial charge in [0.2, 0.25) is 0 Å². The molecule has 1 N–H and O–H groups in total. The van der Waals surface area contributed by atoms with Crippen LogP contribution >= 0.6 is 0 Å². The van der Waals surface area contributed by atoms with Gasteiger partial charge in [-0.15, -0.1) is 0 Å². The summed E-state index contributed by atoms with van der Waals surface area (Å²) >= 11 is 0. The van der Waals surface area contributed by atoms with Crippen LogP contribution in [0.2, 0.25) is 0 Å². The number of rotatable bonds is 9. The molecule has 0 aromatic carbocycles. The van der Waals surface area contributed by atoms with E-state index in [0.29, 0.717) is 18.8 Å². The van der Waals surface area contributed by atoms with Gasteiger partial charge >= 0.3 is 39.5 Å². The SMILES string of the molecule is CC(=O)O[C@@H]1CC[C@@]2(C)C(C1)[C@@H](OC(C)=O)C[C@H]1[C@@H]3CC[C@H]([C@H](C)CCC(=O)OC(C(F)(F)F)C(F)(F)S(=O)(=O)O)[C@@]3(C)CC[C@@H]12. The fraction of sp³-hybridized carbons (Fsp3) is 0.903. The maximum Gasteiger partial charge on any atom is 0.432 e. The number of esters is 3. The summed E-state index contributed by atoms with van der Waals surface area (Å²) in [5, 5.41) is -5.77. The highest BCUT2D eigenvalue weighted by Gasteiger charge is 2.66. The maximum absolute atomic E-state index is 13.9. The molecule has 264 valence electrons. The molecule has 46 heavy (non-hydrogen) atoms. The van der Waals surface area contributed by atoms with Gasteiger partial charge in [0, 0.05) is 26.2 Å². The van der Waals surface area contributed by atoms with E-state index >= 15 is 0 Å². The van der Waals surface area contributed by atoms with Crippen LogP contribution in [0.5, 0.6) is 0 Å². The van der Waals surface area contributed by atoms with E-state index in [9.17, 15) is 44.8 Å². The first kappa shape index (κ1) is 36.8. The van der Waals surface area contributed by atoms with Gasteiger partial charge in [0.25, 0.3) is 6.10 Å². The molecule has 0 heterocycles. The molecule has 11 atom stereocenters. The van der Waals surface area contributed by atoms with Crippen molar-refractivity contribution in [3.8, 4) is 0 Å². The molecule has 2 unspecified atom stereocenters. The van der Waals surface area contributed by atoms with Crippen molar-refractivity contribution >= 4 is 28.0 Å². The predicted octanol–water partition coefficient (Wildman–Crippen LogP) is 6.49. The van der Waals surface area contributed by atoms with Gasteiger partial charge in [-0.1, -0.05) is 20.8 Å². The minimum atomic E-state index is -6.51. The topological polar surface area (TPSA) is 133 Å². The highest BCUT2D eigenvalue weighted by molar-refractivity contribution is 7.86. The first-order valence-corrected chi connectivity index (χ1v) is 17.4. The fourth-order valence-electron chi connectivity index (χ4n) is 10.1. The molecular formula is C31H45F5O9S. The number of carbonyl (C=O) groups is 3. The highest BCUT2D eigenvalue weighted by atomic mass is 32.2. The lowest BCUT2D eigenvalue weighted by Gasteiger charge is -2.62. The number of halogens is 5. The molecule has 0 radical (unpaired) electrons. The monoisotopic (exact) mass is 688 g/mol. The van der Waals surface area contributed by atoms with Crippen molar-refractivity contribution in [1.29, 1.82) is 0 Å². The predicted molar refractivity (Wildman–Crippen MR) is 153 cm³/mol. The quantitative estimate of drug-likeness (QED) is 0.125. The normalized spacial score (nSPS) is 37.6. The summed E-state index contributed by atoms with van der Waals surface area (Å²) in [6.07, 6.45) is -5.14. The third kappa shape index (κ3) is 6.91. The molecule has 4 aliphatic carbocycles. The molecule has 4 rings (SSSR count). The molecule has 4 aliphatic rings. The summed E-state index contributed by atoms with van der Waals surface area (Å²) in [6, 6.07) is 0. The lowest BCUT2D eigenvalue weighted by atomic mass is 9.43. The Morgan fingerprint density at radius 2 is 1.46 bits per heavy atom. The Balaban J connectivity index is 1.47. The molecule has 0 aromatic rings. The van der Waals surface area contributed by atoms with Crippen molar-refractivity contribution < 1.29 is 63.5 Å². The smallest absolute Gasteiger partial charge is 0.432 e. The summed E-state index contributed by atoms with van der Waals surface area (Å²) in [7, 11) is -6.51. The second-order valence-electron chi connectivity index (χ2n) is 14.6. The molecule has 0 aromatic heterocycles. The molecule has 15 heteroatoms. The second-order valence-corrected chi connectivity index (χ2v) is 16.1. The van der Waals surface area contributed by atoms with Gasteiger partial charge in [0.15, 0.2) is 0 Å². The van der Waals surface area contributed by atoms with Crippen molar-refractivity contribution in [2.75, 3.05) is 0 Å². The van der Waals surface area contributed by atoms with Crippen LogP contribution in [0.4, 0.5) is 22.0 Å². The second kappa shape index (κ2) is 12.8. The lowest BCUT2D eigenvalue weighted by molar-refractivity contribution is -0.259. The Morgan fingerprint density at radius 1 is 0.870 bits per heavy atom. The van der Waals surface area contributed by atoms with Gasteiger partial charge in [0.05, 0.1) is 0 Å². The Kier molecular flexibility index (Phi) is 10.2. The van der Waals surface area contributed by atoms with E-state index < -0.39 is 40.0 Å². The van der Waals surface area contributed by atoms with Crippen LogP contribution in [0.3, 0.4) is 0 Å². The molecule has 0 spiro atoms. The Hall–Kier alpha value is -2.03. The van der Waals surface area contributed by atoms with E-state index in [1.54, 1.807) is 0 Å². The van der Waals surface area contributed by atoms with Crippen molar-refractivity contribution in [2.45, 2.75) is 129 Å². The number of fused-ring (bicyclic) bond motifs is 5. The number of hydrogen-bond acceptors (Lipinski definition) is 8. The lowest BCUT2D eigenvalue weighted by Crippen LogP contribution is -2.59. The summed E-state index contributed by atoms with van der Waals surface area (Å²) in [5.74, 6) is -1.57. The van der Waals surface area contributed by atoms with Crippen molar-refractivity contribution in [3.05, 3.63) is 0 Å². The van der Waals surface area contributed by atoms with E-state index in [2.05, 4.69) is 18.6 Å². The van der Waals surface area contributed by atoms with Gasteiger partial charge in [-0.25, -0.2) is 0 Å². The molecule has 4 fully saturated rings. The summed E-state index contributed by atoms with van der Waals surface area (Å²) in [5.41, 5.74) is -0.316. The largest absolute Gasteiger partial charge is 0.463 e. The van der Waals surface area contributed by atoms with Gasteiger partial charge in [-0.2, -0.15) is 30.4 Å². The minimum absolute atomic E-state index is 0.0370. The zero-order valence-corrected chi connectivity index (χ0v) is 27.6. The van der Waals surface area contributed by atoms with Crippen molar-refractivity contribution in [3.63, 3.8) is 0 Å². The third-order valence-electron chi connectivity index (χ3n) is 12.0. The van der Waals surface area contributed by atoms with Crippen LogP contribution in [0.15, 0.2) is 0 Å². The average Bonchev–Trinajstić information content (AvgIpc) is 3.26. The highest BCUT2D eigenvalue weighted by Crippen LogP contribution is 2.68. The zero-order valence-electron chi connectivity index (χ0n) is 26.8. The first-order chi connectivity index (χ1) is 21.0. The van der Waals surface area contributed by atoms with Crippen LogP contribution in [0.25, 0.3) is 0 Å². The van der Waals surface area contributed by atoms with Gasteiger partial charge < -0.3 is 14.2 Å². The molecule has 0 amide bonds. The number of carbonyl (C=O) groups excluding carboxylic acids is 3.